The standard InChI is InChI=1S/C23H24FN7O2S.CH4O/c1-14-8-16(11-25-10-14)22-28-29-23(30-34-15(2)9-20-26-12-17(24)13-27-20)31(22)21-18(32-3)6-5-7-19(21)33-4;1-2/h5-8,10-13,15H,9H2,1-4H3,(H,29,30);2H,1H3. The van der Waals surface area contributed by atoms with E-state index >= 15 is 0 Å². The number of pyridine rings is 1. The predicted molar refractivity (Wildman–Crippen MR) is 137 cm³/mol. The Balaban J connectivity index is 0.00000176. The topological polar surface area (TPSA) is 120 Å². The smallest absolute Gasteiger partial charge is 0.239 e. The molecule has 1 aromatic carbocycles. The highest BCUT2D eigenvalue weighted by Gasteiger charge is 2.23. The van der Waals surface area contributed by atoms with Gasteiger partial charge in [-0.05, 0) is 42.6 Å². The molecule has 1 unspecified atom stereocenters. The summed E-state index contributed by atoms with van der Waals surface area (Å²) in [4.78, 5) is 12.4. The molecule has 4 aromatic rings. The molecule has 10 nitrogen and oxygen atoms in total. The number of para-hydroxylation sites is 1. The Morgan fingerprint density at radius 2 is 1.72 bits per heavy atom. The lowest BCUT2D eigenvalue weighted by molar-refractivity contribution is 0.391. The van der Waals surface area contributed by atoms with E-state index in [1.54, 1.807) is 26.6 Å². The van der Waals surface area contributed by atoms with Crippen molar-refractivity contribution in [3.63, 3.8) is 0 Å². The van der Waals surface area contributed by atoms with Gasteiger partial charge in [-0.3, -0.25) is 14.3 Å². The number of hydrogen-bond acceptors (Lipinski definition) is 10. The van der Waals surface area contributed by atoms with Crippen molar-refractivity contribution < 1.29 is 19.0 Å². The molecule has 2 N–H and O–H groups in total. The summed E-state index contributed by atoms with van der Waals surface area (Å²) in [6.45, 7) is 3.98. The van der Waals surface area contributed by atoms with Gasteiger partial charge in [0.05, 0.1) is 26.6 Å². The number of benzene rings is 1. The molecule has 0 bridgehead atoms. The van der Waals surface area contributed by atoms with Crippen LogP contribution in [0.5, 0.6) is 11.5 Å². The summed E-state index contributed by atoms with van der Waals surface area (Å²) >= 11 is 1.43. The van der Waals surface area contributed by atoms with Crippen LogP contribution >= 0.6 is 11.9 Å². The van der Waals surface area contributed by atoms with E-state index in [1.807, 2.05) is 42.7 Å². The second-order valence-electron chi connectivity index (χ2n) is 7.50. The molecular formula is C24H28FN7O3S. The summed E-state index contributed by atoms with van der Waals surface area (Å²) in [5.74, 6) is 2.36. The van der Waals surface area contributed by atoms with E-state index in [0.29, 0.717) is 41.2 Å². The van der Waals surface area contributed by atoms with Gasteiger partial charge in [0.25, 0.3) is 0 Å². The van der Waals surface area contributed by atoms with E-state index in [9.17, 15) is 4.39 Å². The summed E-state index contributed by atoms with van der Waals surface area (Å²) in [5.41, 5.74) is 2.45. The molecule has 0 spiro atoms. The lowest BCUT2D eigenvalue weighted by atomic mass is 10.2. The zero-order chi connectivity index (χ0) is 26.1. The number of rotatable bonds is 9. The highest BCUT2D eigenvalue weighted by atomic mass is 32.2. The van der Waals surface area contributed by atoms with Crippen LogP contribution in [-0.2, 0) is 6.42 Å². The monoisotopic (exact) mass is 513 g/mol. The molecule has 0 fully saturated rings. The van der Waals surface area contributed by atoms with E-state index < -0.39 is 5.82 Å². The Bertz CT molecular complexity index is 1250. The zero-order valence-corrected chi connectivity index (χ0v) is 21.5. The summed E-state index contributed by atoms with van der Waals surface area (Å²) in [7, 11) is 4.20. The van der Waals surface area contributed by atoms with Gasteiger partial charge in [0.2, 0.25) is 5.95 Å². The number of ether oxygens (including phenoxy) is 2. The highest BCUT2D eigenvalue weighted by Crippen LogP contribution is 2.38. The molecule has 190 valence electrons. The van der Waals surface area contributed by atoms with Gasteiger partial charge in [-0.1, -0.05) is 13.0 Å². The van der Waals surface area contributed by atoms with Crippen molar-refractivity contribution >= 4 is 17.9 Å². The first-order valence-corrected chi connectivity index (χ1v) is 11.8. The molecule has 0 aliphatic heterocycles. The molecular weight excluding hydrogens is 485 g/mol. The van der Waals surface area contributed by atoms with Crippen LogP contribution in [0.25, 0.3) is 17.1 Å². The number of aryl methyl sites for hydroxylation is 1. The van der Waals surface area contributed by atoms with Crippen molar-refractivity contribution in [2.45, 2.75) is 25.5 Å². The number of aromatic nitrogens is 6. The average Bonchev–Trinajstić information content (AvgIpc) is 3.33. The van der Waals surface area contributed by atoms with Crippen LogP contribution in [0.15, 0.2) is 49.1 Å². The number of aliphatic hydroxyl groups is 1. The maximum atomic E-state index is 13.1. The highest BCUT2D eigenvalue weighted by molar-refractivity contribution is 8.01. The maximum Gasteiger partial charge on any atom is 0.239 e. The van der Waals surface area contributed by atoms with E-state index in [0.717, 1.165) is 18.2 Å². The fourth-order valence-electron chi connectivity index (χ4n) is 3.37. The van der Waals surface area contributed by atoms with Crippen molar-refractivity contribution in [1.29, 1.82) is 0 Å². The molecule has 12 heteroatoms. The van der Waals surface area contributed by atoms with Gasteiger partial charge in [0.15, 0.2) is 11.6 Å². The number of nitrogens with zero attached hydrogens (tertiary/aromatic N) is 6. The fraction of sp³-hybridized carbons (Fsp3) is 0.292. The number of anilines is 1. The molecule has 3 aromatic heterocycles. The molecule has 36 heavy (non-hydrogen) atoms. The molecule has 0 radical (unpaired) electrons. The van der Waals surface area contributed by atoms with Crippen LogP contribution in [0.1, 0.15) is 18.3 Å². The minimum atomic E-state index is -0.459. The van der Waals surface area contributed by atoms with Crippen LogP contribution in [-0.4, -0.2) is 61.4 Å². The summed E-state index contributed by atoms with van der Waals surface area (Å²) < 4.78 is 29.5. The van der Waals surface area contributed by atoms with Gasteiger partial charge in [-0.15, -0.1) is 10.2 Å². The zero-order valence-electron chi connectivity index (χ0n) is 20.6. The number of nitrogens with one attached hydrogen (secondary N) is 1. The Labute approximate surface area is 213 Å². The average molecular weight is 514 g/mol. The van der Waals surface area contributed by atoms with Gasteiger partial charge < -0.3 is 14.6 Å². The maximum absolute atomic E-state index is 13.1. The normalized spacial score (nSPS) is 11.3. The Kier molecular flexibility index (Phi) is 9.53. The molecule has 0 aliphatic rings. The lowest BCUT2D eigenvalue weighted by Gasteiger charge is -2.18. The Hall–Kier alpha value is -3.77. The molecule has 3 heterocycles. The summed E-state index contributed by atoms with van der Waals surface area (Å²) in [6, 6.07) is 7.54. The quantitative estimate of drug-likeness (QED) is 0.319. The molecule has 0 saturated heterocycles. The Morgan fingerprint density at radius 1 is 1.06 bits per heavy atom. The van der Waals surface area contributed by atoms with E-state index in [-0.39, 0.29) is 5.25 Å². The van der Waals surface area contributed by atoms with Crippen molar-refractivity contribution in [1.82, 2.24) is 29.7 Å². The van der Waals surface area contributed by atoms with E-state index in [2.05, 4.69) is 29.9 Å². The first kappa shape index (κ1) is 26.8. The number of halogens is 1. The van der Waals surface area contributed by atoms with Gasteiger partial charge in [0.1, 0.15) is 23.0 Å². The Morgan fingerprint density at radius 3 is 2.33 bits per heavy atom. The third-order valence-electron chi connectivity index (χ3n) is 4.92. The minimum absolute atomic E-state index is 0.0549. The molecule has 1 atom stereocenters. The van der Waals surface area contributed by atoms with Gasteiger partial charge in [0, 0.05) is 36.7 Å². The third-order valence-corrected chi connectivity index (χ3v) is 5.79. The second kappa shape index (κ2) is 12.8. The van der Waals surface area contributed by atoms with Gasteiger partial charge in [-0.2, -0.15) is 0 Å². The largest absolute Gasteiger partial charge is 0.494 e. The van der Waals surface area contributed by atoms with Crippen molar-refractivity contribution in [3.8, 4) is 28.6 Å². The van der Waals surface area contributed by atoms with Crippen LogP contribution in [0, 0.1) is 12.7 Å². The fourth-order valence-corrected chi connectivity index (χ4v) is 4.05. The van der Waals surface area contributed by atoms with E-state index in [1.165, 1.54) is 24.3 Å². The number of methoxy groups -OCH3 is 2. The van der Waals surface area contributed by atoms with Crippen molar-refractivity contribution in [2.24, 2.45) is 0 Å². The third kappa shape index (κ3) is 6.26. The van der Waals surface area contributed by atoms with E-state index in [4.69, 9.17) is 14.6 Å². The molecule has 0 saturated carbocycles. The first-order chi connectivity index (χ1) is 17.5. The molecule has 0 aliphatic carbocycles. The molecule has 4 rings (SSSR count). The van der Waals surface area contributed by atoms with Crippen molar-refractivity contribution in [3.05, 3.63) is 66.3 Å². The summed E-state index contributed by atoms with van der Waals surface area (Å²) in [5, 5.41) is 15.9. The SMILES string of the molecule is CO.COc1cccc(OC)c1-n1c(NSC(C)Cc2ncc(F)cn2)nnc1-c1cncc(C)c1. The van der Waals surface area contributed by atoms with Gasteiger partial charge in [-0.25, -0.2) is 14.4 Å². The van der Waals surface area contributed by atoms with Crippen LogP contribution in [0.4, 0.5) is 10.3 Å². The molecule has 0 amide bonds. The summed E-state index contributed by atoms with van der Waals surface area (Å²) in [6.07, 6.45) is 6.39. The second-order valence-corrected chi connectivity index (χ2v) is 8.74. The van der Waals surface area contributed by atoms with Crippen molar-refractivity contribution in [2.75, 3.05) is 26.1 Å². The number of aliphatic hydroxyl groups excluding tert-OH is 1. The minimum Gasteiger partial charge on any atom is -0.494 e. The first-order valence-electron chi connectivity index (χ1n) is 10.9. The van der Waals surface area contributed by atoms with Crippen LogP contribution in [0.2, 0.25) is 0 Å². The predicted octanol–water partition coefficient (Wildman–Crippen LogP) is 3.88. The lowest BCUT2D eigenvalue weighted by Crippen LogP contribution is -2.11. The number of hydrogen-bond donors (Lipinski definition) is 2. The van der Waals surface area contributed by atoms with Gasteiger partial charge >= 0.3 is 0 Å². The van der Waals surface area contributed by atoms with Crippen LogP contribution in [0.3, 0.4) is 0 Å². The van der Waals surface area contributed by atoms with Crippen LogP contribution < -0.4 is 14.2 Å².